The summed E-state index contributed by atoms with van der Waals surface area (Å²) >= 11 is 1.59. The van der Waals surface area contributed by atoms with Gasteiger partial charge >= 0.3 is 0 Å². The van der Waals surface area contributed by atoms with Crippen molar-refractivity contribution in [2.24, 2.45) is 5.84 Å². The molecule has 2 rings (SSSR count). The summed E-state index contributed by atoms with van der Waals surface area (Å²) in [5.41, 5.74) is 2.59. The van der Waals surface area contributed by atoms with Crippen LogP contribution in [0.5, 0.6) is 0 Å². The zero-order chi connectivity index (χ0) is 13.7. The molecule has 0 aromatic carbocycles. The van der Waals surface area contributed by atoms with E-state index >= 15 is 0 Å². The monoisotopic (exact) mass is 278 g/mol. The molecular formula is C11H14N6OS. The number of nitrogens with two attached hydrogens (primary N) is 1. The minimum absolute atomic E-state index is 0.242. The van der Waals surface area contributed by atoms with E-state index in [0.717, 1.165) is 11.4 Å². The summed E-state index contributed by atoms with van der Waals surface area (Å²) in [6.07, 6.45) is 2.78. The summed E-state index contributed by atoms with van der Waals surface area (Å²) in [5.74, 6) is 5.29. The Hall–Kier alpha value is -2.06. The number of hydrogen-bond acceptors (Lipinski definition) is 7. The Morgan fingerprint density at radius 3 is 2.84 bits per heavy atom. The van der Waals surface area contributed by atoms with Gasteiger partial charge < -0.3 is 10.7 Å². The van der Waals surface area contributed by atoms with Gasteiger partial charge in [0.05, 0.1) is 6.54 Å². The molecule has 2 aromatic heterocycles. The molecule has 2 aromatic rings. The molecule has 0 aliphatic carbocycles. The number of nitrogens with zero attached hydrogens (tertiary/aromatic N) is 3. The molecule has 8 heteroatoms. The number of rotatable bonds is 5. The summed E-state index contributed by atoms with van der Waals surface area (Å²) in [6, 6.07) is 3.14. The maximum Gasteiger partial charge on any atom is 0.272 e. The van der Waals surface area contributed by atoms with Gasteiger partial charge in [-0.2, -0.15) is 0 Å². The third kappa shape index (κ3) is 3.46. The van der Waals surface area contributed by atoms with E-state index in [1.54, 1.807) is 23.5 Å². The van der Waals surface area contributed by atoms with Gasteiger partial charge in [0.1, 0.15) is 5.01 Å². The second-order valence-corrected chi connectivity index (χ2v) is 4.90. The second-order valence-electron chi connectivity index (χ2n) is 3.70. The molecule has 4 N–H and O–H groups in total. The van der Waals surface area contributed by atoms with Crippen LogP contribution in [0.4, 0.5) is 5.82 Å². The van der Waals surface area contributed by atoms with E-state index in [1.165, 1.54) is 4.88 Å². The molecule has 0 aliphatic rings. The van der Waals surface area contributed by atoms with Gasteiger partial charge in [0, 0.05) is 11.1 Å². The third-order valence-electron chi connectivity index (χ3n) is 2.40. The lowest BCUT2D eigenvalue weighted by molar-refractivity contribution is 0.0945. The van der Waals surface area contributed by atoms with Crippen LogP contribution < -0.4 is 16.6 Å². The molecule has 0 saturated heterocycles. The Morgan fingerprint density at radius 1 is 1.42 bits per heavy atom. The predicted molar refractivity (Wildman–Crippen MR) is 72.5 cm³/mol. The molecule has 7 nitrogen and oxygen atoms in total. The quantitative estimate of drug-likeness (QED) is 0.549. The number of amides is 1. The topological polar surface area (TPSA) is 106 Å². The average molecular weight is 278 g/mol. The van der Waals surface area contributed by atoms with Crippen molar-refractivity contribution in [3.05, 3.63) is 33.9 Å². The largest absolute Gasteiger partial charge is 0.344 e. The first-order valence-electron chi connectivity index (χ1n) is 5.75. The number of aryl methyl sites for hydroxylation is 1. The molecule has 0 atom stereocenters. The number of hydrogen-bond donors (Lipinski definition) is 3. The SMILES string of the molecule is CCc1cnc(CNC(=O)c2ccc(NN)nn2)s1. The lowest BCUT2D eigenvalue weighted by Gasteiger charge is -2.02. The highest BCUT2D eigenvalue weighted by Gasteiger charge is 2.09. The van der Waals surface area contributed by atoms with Crippen LogP contribution in [0.3, 0.4) is 0 Å². The maximum absolute atomic E-state index is 11.8. The van der Waals surface area contributed by atoms with Crippen LogP contribution in [0.2, 0.25) is 0 Å². The van der Waals surface area contributed by atoms with Crippen molar-refractivity contribution in [3.8, 4) is 0 Å². The number of anilines is 1. The predicted octanol–water partition coefficient (Wildman–Crippen LogP) is 0.711. The average Bonchev–Trinajstić information content (AvgIpc) is 2.93. The highest BCUT2D eigenvalue weighted by Crippen LogP contribution is 2.13. The van der Waals surface area contributed by atoms with Crippen molar-refractivity contribution in [2.75, 3.05) is 5.43 Å². The molecule has 0 spiro atoms. The molecular weight excluding hydrogens is 264 g/mol. The van der Waals surface area contributed by atoms with Gasteiger partial charge in [-0.3, -0.25) is 4.79 Å². The molecule has 0 fully saturated rings. The highest BCUT2D eigenvalue weighted by molar-refractivity contribution is 7.11. The summed E-state index contributed by atoms with van der Waals surface area (Å²) in [5, 5.41) is 11.1. The van der Waals surface area contributed by atoms with Crippen LogP contribution in [-0.4, -0.2) is 21.1 Å². The Morgan fingerprint density at radius 2 is 2.26 bits per heavy atom. The molecule has 0 radical (unpaired) electrons. The van der Waals surface area contributed by atoms with Crippen LogP contribution in [-0.2, 0) is 13.0 Å². The molecule has 0 bridgehead atoms. The van der Waals surface area contributed by atoms with Crippen molar-refractivity contribution < 1.29 is 4.79 Å². The van der Waals surface area contributed by atoms with Gasteiger partial charge in [0.2, 0.25) is 0 Å². The van der Waals surface area contributed by atoms with Gasteiger partial charge in [-0.15, -0.1) is 21.5 Å². The fourth-order valence-corrected chi connectivity index (χ4v) is 2.17. The van der Waals surface area contributed by atoms with Crippen LogP contribution in [0.25, 0.3) is 0 Å². The van der Waals surface area contributed by atoms with Crippen LogP contribution in [0, 0.1) is 0 Å². The number of carbonyl (C=O) groups is 1. The highest BCUT2D eigenvalue weighted by atomic mass is 32.1. The van der Waals surface area contributed by atoms with Gasteiger partial charge in [-0.25, -0.2) is 10.8 Å². The van der Waals surface area contributed by atoms with Gasteiger partial charge in [-0.1, -0.05) is 6.92 Å². The second kappa shape index (κ2) is 6.21. The molecule has 1 amide bonds. The molecule has 0 aliphatic heterocycles. The van der Waals surface area contributed by atoms with E-state index in [0.29, 0.717) is 12.4 Å². The zero-order valence-corrected chi connectivity index (χ0v) is 11.2. The van der Waals surface area contributed by atoms with Gasteiger partial charge in [-0.05, 0) is 18.6 Å². The van der Waals surface area contributed by atoms with Crippen molar-refractivity contribution >= 4 is 23.1 Å². The van der Waals surface area contributed by atoms with Crippen LogP contribution in [0.15, 0.2) is 18.3 Å². The van der Waals surface area contributed by atoms with E-state index in [2.05, 4.69) is 32.8 Å². The number of nitrogens with one attached hydrogen (secondary N) is 2. The number of carbonyl (C=O) groups excluding carboxylic acids is 1. The summed E-state index contributed by atoms with van der Waals surface area (Å²) < 4.78 is 0. The van der Waals surface area contributed by atoms with Crippen LogP contribution >= 0.6 is 11.3 Å². The molecule has 19 heavy (non-hydrogen) atoms. The van der Waals surface area contributed by atoms with E-state index in [4.69, 9.17) is 5.84 Å². The third-order valence-corrected chi connectivity index (χ3v) is 3.54. The summed E-state index contributed by atoms with van der Waals surface area (Å²) in [6.45, 7) is 2.46. The van der Waals surface area contributed by atoms with E-state index in [1.807, 2.05) is 6.20 Å². The number of thiazole rings is 1. The minimum Gasteiger partial charge on any atom is -0.344 e. The number of hydrazine groups is 1. The fourth-order valence-electron chi connectivity index (χ4n) is 1.37. The first-order valence-corrected chi connectivity index (χ1v) is 6.56. The Labute approximate surface area is 114 Å². The normalized spacial score (nSPS) is 10.2. The summed E-state index contributed by atoms with van der Waals surface area (Å²) in [7, 11) is 0. The van der Waals surface area contributed by atoms with Crippen molar-refractivity contribution in [2.45, 2.75) is 19.9 Å². The van der Waals surface area contributed by atoms with E-state index in [-0.39, 0.29) is 11.6 Å². The fraction of sp³-hybridized carbons (Fsp3) is 0.273. The Bertz CT molecular complexity index is 553. The van der Waals surface area contributed by atoms with Crippen LogP contribution in [0.1, 0.15) is 27.3 Å². The van der Waals surface area contributed by atoms with E-state index in [9.17, 15) is 4.79 Å². The van der Waals surface area contributed by atoms with Crippen molar-refractivity contribution in [1.82, 2.24) is 20.5 Å². The molecule has 0 unspecified atom stereocenters. The maximum atomic E-state index is 11.8. The van der Waals surface area contributed by atoms with Crippen molar-refractivity contribution in [1.29, 1.82) is 0 Å². The van der Waals surface area contributed by atoms with Gasteiger partial charge in [0.15, 0.2) is 11.5 Å². The lowest BCUT2D eigenvalue weighted by Crippen LogP contribution is -2.24. The molecule has 0 saturated carbocycles. The minimum atomic E-state index is -0.288. The number of nitrogen functional groups attached to an aromatic ring is 1. The Balaban J connectivity index is 1.93. The van der Waals surface area contributed by atoms with E-state index < -0.39 is 0 Å². The van der Waals surface area contributed by atoms with Crippen molar-refractivity contribution in [3.63, 3.8) is 0 Å². The standard InChI is InChI=1S/C11H14N6OS/c1-2-7-5-13-10(19-7)6-14-11(18)8-3-4-9(15-12)17-16-8/h3-5H,2,6,12H2,1H3,(H,14,18)(H,15,17). The smallest absolute Gasteiger partial charge is 0.272 e. The molecule has 2 heterocycles. The Kier molecular flexibility index (Phi) is 4.37. The summed E-state index contributed by atoms with van der Waals surface area (Å²) in [4.78, 5) is 17.2. The number of aromatic nitrogens is 3. The first-order chi connectivity index (χ1) is 9.22. The first kappa shape index (κ1) is 13.4. The zero-order valence-electron chi connectivity index (χ0n) is 10.4. The van der Waals surface area contributed by atoms with Gasteiger partial charge in [0.25, 0.3) is 5.91 Å². The molecule has 100 valence electrons. The lowest BCUT2D eigenvalue weighted by atomic mass is 10.3.